The molecule has 1 aliphatic heterocycles. The van der Waals surface area contributed by atoms with Crippen LogP contribution in [0.4, 0.5) is 0 Å². The minimum absolute atomic E-state index is 0.165. The van der Waals surface area contributed by atoms with Crippen LogP contribution in [-0.2, 0) is 19.0 Å². The normalized spacial score (nSPS) is 25.2. The molecular weight excluding hydrogens is 208 g/mol. The van der Waals surface area contributed by atoms with Crippen LogP contribution in [0.2, 0.25) is 0 Å². The van der Waals surface area contributed by atoms with Crippen LogP contribution in [0.5, 0.6) is 0 Å². The first kappa shape index (κ1) is 13.0. The van der Waals surface area contributed by atoms with Gasteiger partial charge in [-0.25, -0.2) is 4.79 Å². The molecule has 0 N–H and O–H groups in total. The van der Waals surface area contributed by atoms with Crippen LogP contribution in [0.3, 0.4) is 0 Å². The van der Waals surface area contributed by atoms with Crippen molar-refractivity contribution in [3.05, 3.63) is 11.3 Å². The van der Waals surface area contributed by atoms with Gasteiger partial charge in [-0.05, 0) is 20.3 Å². The van der Waals surface area contributed by atoms with Gasteiger partial charge in [0.15, 0.2) is 6.29 Å². The van der Waals surface area contributed by atoms with Crippen molar-refractivity contribution in [2.45, 2.75) is 39.9 Å². The maximum atomic E-state index is 11.6. The van der Waals surface area contributed by atoms with E-state index in [9.17, 15) is 4.79 Å². The highest BCUT2D eigenvalue weighted by molar-refractivity contribution is 5.89. The number of methoxy groups -OCH3 is 1. The van der Waals surface area contributed by atoms with Gasteiger partial charge in [-0.2, -0.15) is 0 Å². The molecule has 16 heavy (non-hydrogen) atoms. The molecule has 0 saturated heterocycles. The van der Waals surface area contributed by atoms with E-state index < -0.39 is 0 Å². The van der Waals surface area contributed by atoms with E-state index in [4.69, 9.17) is 14.2 Å². The van der Waals surface area contributed by atoms with Crippen LogP contribution in [0.25, 0.3) is 0 Å². The second-order valence-electron chi connectivity index (χ2n) is 3.81. The van der Waals surface area contributed by atoms with E-state index in [0.717, 1.165) is 6.42 Å². The third-order valence-electron chi connectivity index (χ3n) is 2.82. The van der Waals surface area contributed by atoms with Crippen molar-refractivity contribution in [1.82, 2.24) is 0 Å². The fourth-order valence-corrected chi connectivity index (χ4v) is 2.03. The van der Waals surface area contributed by atoms with Gasteiger partial charge in [-0.3, -0.25) is 0 Å². The van der Waals surface area contributed by atoms with Crippen molar-refractivity contribution in [1.29, 1.82) is 0 Å². The molecule has 92 valence electrons. The summed E-state index contributed by atoms with van der Waals surface area (Å²) in [7, 11) is 1.39. The summed E-state index contributed by atoms with van der Waals surface area (Å²) in [6.45, 7) is 6.39. The first-order valence-electron chi connectivity index (χ1n) is 5.71. The van der Waals surface area contributed by atoms with Crippen molar-refractivity contribution in [3.8, 4) is 0 Å². The maximum absolute atomic E-state index is 11.6. The summed E-state index contributed by atoms with van der Waals surface area (Å²) in [5.41, 5.74) is 0.654. The lowest BCUT2D eigenvalue weighted by atomic mass is 9.90. The Morgan fingerprint density at radius 1 is 1.50 bits per heavy atom. The van der Waals surface area contributed by atoms with Gasteiger partial charge < -0.3 is 14.2 Å². The van der Waals surface area contributed by atoms with E-state index in [2.05, 4.69) is 6.92 Å². The zero-order valence-corrected chi connectivity index (χ0v) is 10.4. The van der Waals surface area contributed by atoms with Crippen molar-refractivity contribution in [2.75, 3.05) is 13.7 Å². The number of rotatable bonds is 4. The molecule has 0 aromatic heterocycles. The molecule has 4 nitrogen and oxygen atoms in total. The van der Waals surface area contributed by atoms with Gasteiger partial charge in [0.25, 0.3) is 0 Å². The van der Waals surface area contributed by atoms with E-state index in [1.807, 2.05) is 6.92 Å². The predicted octanol–water partition coefficient (Wildman–Crippen LogP) is 2.24. The highest BCUT2D eigenvalue weighted by Gasteiger charge is 2.32. The molecule has 2 atom stereocenters. The van der Waals surface area contributed by atoms with Gasteiger partial charge in [0.05, 0.1) is 12.7 Å². The zero-order chi connectivity index (χ0) is 12.1. The summed E-state index contributed by atoms with van der Waals surface area (Å²) in [6, 6.07) is 0. The molecule has 0 radical (unpaired) electrons. The van der Waals surface area contributed by atoms with E-state index >= 15 is 0 Å². The summed E-state index contributed by atoms with van der Waals surface area (Å²) in [4.78, 5) is 11.6. The molecule has 0 aromatic carbocycles. The topological polar surface area (TPSA) is 44.8 Å². The van der Waals surface area contributed by atoms with Crippen molar-refractivity contribution in [2.24, 2.45) is 5.92 Å². The largest absolute Gasteiger partial charge is 0.469 e. The SMILES string of the molecule is CCO[C@H]1C[C@H](CC)C(C(=O)OC)=C(C)O1. The average Bonchev–Trinajstić information content (AvgIpc) is 2.27. The highest BCUT2D eigenvalue weighted by atomic mass is 16.7. The van der Waals surface area contributed by atoms with Gasteiger partial charge >= 0.3 is 5.97 Å². The van der Waals surface area contributed by atoms with Gasteiger partial charge in [0.2, 0.25) is 0 Å². The summed E-state index contributed by atoms with van der Waals surface area (Å²) in [6.07, 6.45) is 1.37. The molecule has 0 amide bonds. The quantitative estimate of drug-likeness (QED) is 0.692. The van der Waals surface area contributed by atoms with Crippen molar-refractivity contribution >= 4 is 5.97 Å². The number of esters is 1. The van der Waals surface area contributed by atoms with Gasteiger partial charge in [0, 0.05) is 18.9 Å². The van der Waals surface area contributed by atoms with Crippen LogP contribution >= 0.6 is 0 Å². The monoisotopic (exact) mass is 228 g/mol. The van der Waals surface area contributed by atoms with Gasteiger partial charge in [0.1, 0.15) is 5.76 Å². The molecule has 1 heterocycles. The molecule has 4 heteroatoms. The maximum Gasteiger partial charge on any atom is 0.337 e. The number of hydrogen-bond donors (Lipinski definition) is 0. The van der Waals surface area contributed by atoms with Crippen molar-refractivity contribution in [3.63, 3.8) is 0 Å². The van der Waals surface area contributed by atoms with E-state index in [1.165, 1.54) is 7.11 Å². The number of carbonyl (C=O) groups is 1. The number of carbonyl (C=O) groups excluding carboxylic acids is 1. The Morgan fingerprint density at radius 2 is 2.19 bits per heavy atom. The lowest BCUT2D eigenvalue weighted by Gasteiger charge is -2.31. The molecule has 1 rings (SSSR count). The minimum Gasteiger partial charge on any atom is -0.469 e. The summed E-state index contributed by atoms with van der Waals surface area (Å²) < 4.78 is 15.8. The van der Waals surface area contributed by atoms with Crippen LogP contribution in [0.15, 0.2) is 11.3 Å². The molecule has 0 aliphatic carbocycles. The summed E-state index contributed by atoms with van der Waals surface area (Å²) >= 11 is 0. The zero-order valence-electron chi connectivity index (χ0n) is 10.4. The molecule has 0 aromatic rings. The molecular formula is C12H20O4. The summed E-state index contributed by atoms with van der Waals surface area (Å²) in [5, 5.41) is 0. The Bertz CT molecular complexity index is 283. The molecule has 0 saturated carbocycles. The Morgan fingerprint density at radius 3 is 2.69 bits per heavy atom. The van der Waals surface area contributed by atoms with E-state index in [1.54, 1.807) is 6.92 Å². The number of allylic oxidation sites excluding steroid dienone is 1. The van der Waals surface area contributed by atoms with Crippen LogP contribution in [-0.4, -0.2) is 26.0 Å². The number of ether oxygens (including phenoxy) is 3. The fraction of sp³-hybridized carbons (Fsp3) is 0.750. The highest BCUT2D eigenvalue weighted by Crippen LogP contribution is 2.32. The Labute approximate surface area is 96.6 Å². The Hall–Kier alpha value is -1.03. The summed E-state index contributed by atoms with van der Waals surface area (Å²) in [5.74, 6) is 0.500. The fourth-order valence-electron chi connectivity index (χ4n) is 2.03. The lowest BCUT2D eigenvalue weighted by Crippen LogP contribution is -2.30. The molecule has 0 spiro atoms. The Balaban J connectivity index is 2.86. The van der Waals surface area contributed by atoms with Crippen LogP contribution < -0.4 is 0 Å². The smallest absolute Gasteiger partial charge is 0.337 e. The van der Waals surface area contributed by atoms with Crippen molar-refractivity contribution < 1.29 is 19.0 Å². The van der Waals surface area contributed by atoms with Gasteiger partial charge in [-0.15, -0.1) is 0 Å². The standard InChI is InChI=1S/C12H20O4/c1-5-9-7-10(15-6-2)16-8(3)11(9)12(13)14-4/h9-10H,5-7H2,1-4H3/t9-,10+/m0/s1. The van der Waals surface area contributed by atoms with E-state index in [0.29, 0.717) is 24.4 Å². The molecule has 1 aliphatic rings. The molecule has 0 unspecified atom stereocenters. The molecule has 0 fully saturated rings. The second kappa shape index (κ2) is 5.89. The Kier molecular flexibility index (Phi) is 4.80. The minimum atomic E-state index is -0.292. The third kappa shape index (κ3) is 2.76. The molecule has 0 bridgehead atoms. The second-order valence-corrected chi connectivity index (χ2v) is 3.81. The van der Waals surface area contributed by atoms with E-state index in [-0.39, 0.29) is 18.2 Å². The first-order chi connectivity index (χ1) is 7.63. The first-order valence-corrected chi connectivity index (χ1v) is 5.71. The lowest BCUT2D eigenvalue weighted by molar-refractivity contribution is -0.146. The average molecular weight is 228 g/mol. The predicted molar refractivity (Wildman–Crippen MR) is 59.6 cm³/mol. The number of hydrogen-bond acceptors (Lipinski definition) is 4. The van der Waals surface area contributed by atoms with Gasteiger partial charge in [-0.1, -0.05) is 6.92 Å². The third-order valence-corrected chi connectivity index (χ3v) is 2.82. The van der Waals surface area contributed by atoms with Crippen LogP contribution in [0.1, 0.15) is 33.6 Å². The van der Waals surface area contributed by atoms with Crippen LogP contribution in [0, 0.1) is 5.92 Å².